The molecule has 0 saturated carbocycles. The number of carbonyl (C=O) groups is 6. The number of hydrogen-bond donors (Lipinski definition) is 0. The fraction of sp³-hybridized carbons (Fsp3) is 0.438. The van der Waals surface area contributed by atoms with Crippen molar-refractivity contribution >= 4 is 68.1 Å². The van der Waals surface area contributed by atoms with Gasteiger partial charge in [0.15, 0.2) is 39.6 Å². The van der Waals surface area contributed by atoms with Gasteiger partial charge in [-0.15, -0.1) is 0 Å². The van der Waals surface area contributed by atoms with Gasteiger partial charge in [0.1, 0.15) is 35.4 Å². The molecule has 6 aromatic rings. The van der Waals surface area contributed by atoms with Crippen molar-refractivity contribution in [2.24, 2.45) is 16.2 Å². The van der Waals surface area contributed by atoms with Crippen LogP contribution in [0.4, 0.5) is 26.3 Å². The average Bonchev–Trinajstić information content (AvgIpc) is 3.08. The van der Waals surface area contributed by atoms with Gasteiger partial charge in [0.2, 0.25) is 0 Å². The molecule has 0 heterocycles. The van der Waals surface area contributed by atoms with Crippen molar-refractivity contribution in [2.45, 2.75) is 127 Å². The second-order valence-electron chi connectivity index (χ2n) is 22.2. The molecule has 15 nitrogen and oxygen atoms in total. The van der Waals surface area contributed by atoms with E-state index in [1.165, 1.54) is 0 Å². The zero-order valence-electron chi connectivity index (χ0n) is 49.9. The zero-order valence-corrected chi connectivity index (χ0v) is 49.9. The molecule has 21 heteroatoms. The SMILES string of the molecule is CCC(C)(C)C(=O)OCc1ccc2cc(OCC(=O)OCC(C)(F)F)ccc2c1.CCC(C)(C)C(=O)Oc1ccc2cc(OCC(=O)OCC(C)(F)F)ccc2c1.CCC(C)(C)C(=O)Oc1cccc2c(OCC(=O)OCC(C)(F)F)cccc12. The zero-order chi connectivity index (χ0) is 63.6. The van der Waals surface area contributed by atoms with Crippen LogP contribution in [0, 0.1) is 16.2 Å². The van der Waals surface area contributed by atoms with Crippen molar-refractivity contribution in [3.05, 3.63) is 115 Å². The Morgan fingerprint density at radius 1 is 0.376 bits per heavy atom. The lowest BCUT2D eigenvalue weighted by Crippen LogP contribution is -2.28. The van der Waals surface area contributed by atoms with Crippen LogP contribution in [0.2, 0.25) is 0 Å². The molecule has 0 unspecified atom stereocenters. The molecule has 0 bridgehead atoms. The highest BCUT2D eigenvalue weighted by molar-refractivity contribution is 5.95. The standard InChI is InChI=1S/C22H26F2O5.2C21H24F2O5/c1-5-21(2,3)20(26)28-12-15-6-7-17-11-18(9-8-16(17)10-15)27-13-19(25)29-14-22(4,23)24;1-5-20(2,3)19(25)28-17-11-7-8-14-15(17)9-6-10-16(14)26-12-18(24)27-13-21(4,22)23;1-5-20(2,3)19(25)28-17-9-7-14-10-16(8-6-15(14)11-17)26-12-18(24)27-13-21(4,22)23/h6-11H,5,12-14H2,1-4H3;2*6-11H,5,12-13H2,1-4H3. The van der Waals surface area contributed by atoms with Gasteiger partial charge < -0.3 is 42.6 Å². The van der Waals surface area contributed by atoms with Crippen LogP contribution in [0.3, 0.4) is 0 Å². The molecule has 0 atom stereocenters. The number of fused-ring (bicyclic) bond motifs is 3. The minimum Gasteiger partial charge on any atom is -0.482 e. The molecule has 0 radical (unpaired) electrons. The normalized spacial score (nSPS) is 11.9. The molecule has 0 saturated heterocycles. The molecule has 0 N–H and O–H groups in total. The van der Waals surface area contributed by atoms with Gasteiger partial charge in [-0.3, -0.25) is 14.4 Å². The predicted molar refractivity (Wildman–Crippen MR) is 306 cm³/mol. The molecule has 85 heavy (non-hydrogen) atoms. The van der Waals surface area contributed by atoms with Crippen LogP contribution in [-0.2, 0) is 54.3 Å². The van der Waals surface area contributed by atoms with E-state index in [0.29, 0.717) is 79.6 Å². The van der Waals surface area contributed by atoms with Crippen molar-refractivity contribution in [3.8, 4) is 28.7 Å². The van der Waals surface area contributed by atoms with Crippen LogP contribution >= 0.6 is 0 Å². The highest BCUT2D eigenvalue weighted by Crippen LogP contribution is 2.35. The average molecular weight is 1200 g/mol. The highest BCUT2D eigenvalue weighted by Gasteiger charge is 2.31. The Hall–Kier alpha value is -8.10. The number of esters is 6. The third kappa shape index (κ3) is 23.5. The molecule has 6 rings (SSSR count). The summed E-state index contributed by atoms with van der Waals surface area (Å²) in [5, 5.41) is 4.65. The fourth-order valence-electron chi connectivity index (χ4n) is 6.70. The lowest BCUT2D eigenvalue weighted by molar-refractivity contribution is -0.156. The fourth-order valence-corrected chi connectivity index (χ4v) is 6.70. The number of alkyl halides is 6. The number of rotatable bonds is 25. The number of hydrogen-bond acceptors (Lipinski definition) is 15. The van der Waals surface area contributed by atoms with Gasteiger partial charge in [-0.1, -0.05) is 75.4 Å². The van der Waals surface area contributed by atoms with E-state index in [0.717, 1.165) is 27.1 Å². The Balaban J connectivity index is 0.000000273. The largest absolute Gasteiger partial charge is 0.482 e. The quantitative estimate of drug-likeness (QED) is 0.0228. The van der Waals surface area contributed by atoms with Gasteiger partial charge >= 0.3 is 35.8 Å². The first-order valence-corrected chi connectivity index (χ1v) is 27.2. The van der Waals surface area contributed by atoms with Crippen LogP contribution in [0.25, 0.3) is 32.3 Å². The summed E-state index contributed by atoms with van der Waals surface area (Å²) in [7, 11) is 0. The van der Waals surface area contributed by atoms with Crippen LogP contribution in [0.15, 0.2) is 109 Å². The van der Waals surface area contributed by atoms with E-state index in [2.05, 4.69) is 14.2 Å². The van der Waals surface area contributed by atoms with Crippen molar-refractivity contribution in [2.75, 3.05) is 39.6 Å². The molecule has 0 aromatic heterocycles. The maximum atomic E-state index is 12.8. The number of ether oxygens (including phenoxy) is 9. The number of benzene rings is 6. The lowest BCUT2D eigenvalue weighted by Gasteiger charge is -2.21. The minimum atomic E-state index is -3.10. The second-order valence-corrected chi connectivity index (χ2v) is 22.2. The van der Waals surface area contributed by atoms with E-state index in [1.54, 1.807) is 105 Å². The van der Waals surface area contributed by atoms with E-state index in [9.17, 15) is 55.1 Å². The molecule has 6 aromatic carbocycles. The van der Waals surface area contributed by atoms with Gasteiger partial charge in [0.25, 0.3) is 17.8 Å². The van der Waals surface area contributed by atoms with E-state index in [4.69, 9.17) is 28.4 Å². The number of carbonyl (C=O) groups excluding carboxylic acids is 6. The predicted octanol–water partition coefficient (Wildman–Crippen LogP) is 14.4. The Morgan fingerprint density at radius 2 is 0.729 bits per heavy atom. The summed E-state index contributed by atoms with van der Waals surface area (Å²) >= 11 is 0. The van der Waals surface area contributed by atoms with Gasteiger partial charge in [-0.25, -0.2) is 40.7 Å². The highest BCUT2D eigenvalue weighted by atomic mass is 19.3. The summed E-state index contributed by atoms with van der Waals surface area (Å²) in [6.45, 7) is 14.5. The van der Waals surface area contributed by atoms with Crippen molar-refractivity contribution in [3.63, 3.8) is 0 Å². The van der Waals surface area contributed by atoms with Crippen molar-refractivity contribution in [1.82, 2.24) is 0 Å². The Kier molecular flexibility index (Phi) is 24.6. The van der Waals surface area contributed by atoms with Gasteiger partial charge in [0.05, 0.1) is 16.2 Å². The lowest BCUT2D eigenvalue weighted by atomic mass is 9.90. The summed E-state index contributed by atoms with van der Waals surface area (Å²) in [6.07, 6.45) is 1.99. The summed E-state index contributed by atoms with van der Waals surface area (Å²) in [4.78, 5) is 71.2. The molecule has 462 valence electrons. The van der Waals surface area contributed by atoms with Crippen molar-refractivity contribution < 1.29 is 97.7 Å². The molecule has 0 amide bonds. The van der Waals surface area contributed by atoms with Crippen LogP contribution in [-0.4, -0.2) is 93.2 Å². The van der Waals surface area contributed by atoms with Crippen molar-refractivity contribution in [1.29, 1.82) is 0 Å². The Labute approximate surface area is 490 Å². The first kappa shape index (κ1) is 69.4. The topological polar surface area (TPSA) is 185 Å². The van der Waals surface area contributed by atoms with E-state index in [-0.39, 0.29) is 24.5 Å². The Bertz CT molecular complexity index is 3270. The number of halogens is 6. The third-order valence-electron chi connectivity index (χ3n) is 13.1. The molecular weight excluding hydrogens is 1120 g/mol. The molecule has 0 fully saturated rings. The first-order chi connectivity index (χ1) is 39.5. The molecule has 0 aliphatic carbocycles. The smallest absolute Gasteiger partial charge is 0.344 e. The van der Waals surface area contributed by atoms with E-state index >= 15 is 0 Å². The van der Waals surface area contributed by atoms with Crippen LogP contribution < -0.4 is 23.7 Å². The van der Waals surface area contributed by atoms with Crippen LogP contribution in [0.1, 0.15) is 108 Å². The monoisotopic (exact) mass is 1200 g/mol. The van der Waals surface area contributed by atoms with Gasteiger partial charge in [-0.05, 0) is 143 Å². The second kappa shape index (κ2) is 30.1. The molecule has 0 aliphatic rings. The summed E-state index contributed by atoms with van der Waals surface area (Å²) in [5.41, 5.74) is -0.850. The van der Waals surface area contributed by atoms with Gasteiger partial charge in [0, 0.05) is 31.5 Å². The van der Waals surface area contributed by atoms with Crippen LogP contribution in [0.5, 0.6) is 28.7 Å². The van der Waals surface area contributed by atoms with E-state index < -0.39 is 91.6 Å². The minimum absolute atomic E-state index is 0.185. The summed E-state index contributed by atoms with van der Waals surface area (Å²) in [6, 6.07) is 31.3. The Morgan fingerprint density at radius 3 is 1.16 bits per heavy atom. The third-order valence-corrected chi connectivity index (χ3v) is 13.1. The summed E-state index contributed by atoms with van der Waals surface area (Å²) in [5.74, 6) is -10.8. The maximum absolute atomic E-state index is 12.8. The first-order valence-electron chi connectivity index (χ1n) is 27.2. The summed E-state index contributed by atoms with van der Waals surface area (Å²) < 4.78 is 122. The van der Waals surface area contributed by atoms with E-state index in [1.807, 2.05) is 66.7 Å². The maximum Gasteiger partial charge on any atom is 0.344 e. The van der Waals surface area contributed by atoms with Gasteiger partial charge in [-0.2, -0.15) is 0 Å². The molecule has 0 spiro atoms. The molecular formula is C64H74F6O15. The molecule has 0 aliphatic heterocycles.